The van der Waals surface area contributed by atoms with Crippen LogP contribution in [0.15, 0.2) is 54.9 Å². The molecule has 1 heterocycles. The Balaban J connectivity index is 1.90. The van der Waals surface area contributed by atoms with Crippen LogP contribution in [-0.4, -0.2) is 29.4 Å². The van der Waals surface area contributed by atoms with Crippen molar-refractivity contribution in [2.45, 2.75) is 19.9 Å². The molecule has 6 nitrogen and oxygen atoms in total. The third-order valence-corrected chi connectivity index (χ3v) is 3.33. The number of carbonyl (C=O) groups is 2. The maximum absolute atomic E-state index is 12.4. The van der Waals surface area contributed by atoms with Crippen LogP contribution in [0.2, 0.25) is 0 Å². The average molecular weight is 327 g/mol. The minimum absolute atomic E-state index is 0.0625. The van der Waals surface area contributed by atoms with Gasteiger partial charge in [0, 0.05) is 18.1 Å². The number of nitrogens with one attached hydrogen (secondary N) is 2. The third kappa shape index (κ3) is 5.39. The van der Waals surface area contributed by atoms with Crippen LogP contribution in [0.1, 0.15) is 13.8 Å². The van der Waals surface area contributed by atoms with E-state index in [1.165, 1.54) is 0 Å². The molecule has 0 bridgehead atoms. The largest absolute Gasteiger partial charge is 0.484 e. The highest BCUT2D eigenvalue weighted by Crippen LogP contribution is 2.10. The molecule has 0 aliphatic carbocycles. The molecule has 0 radical (unpaired) electrons. The molecule has 0 aliphatic rings. The smallest absolute Gasteiger partial charge is 0.258 e. The minimum atomic E-state index is -0.648. The molecular formula is C18H21N3O3. The van der Waals surface area contributed by atoms with Crippen LogP contribution >= 0.6 is 0 Å². The van der Waals surface area contributed by atoms with Gasteiger partial charge in [-0.15, -0.1) is 0 Å². The van der Waals surface area contributed by atoms with Crippen molar-refractivity contribution in [1.82, 2.24) is 10.3 Å². The Morgan fingerprint density at radius 1 is 1.08 bits per heavy atom. The molecule has 2 aromatic rings. The molecule has 2 amide bonds. The summed E-state index contributed by atoms with van der Waals surface area (Å²) < 4.78 is 5.39. The maximum atomic E-state index is 12.4. The van der Waals surface area contributed by atoms with Crippen molar-refractivity contribution >= 4 is 17.5 Å². The zero-order valence-electron chi connectivity index (χ0n) is 13.7. The van der Waals surface area contributed by atoms with E-state index in [1.54, 1.807) is 36.7 Å². The summed E-state index contributed by atoms with van der Waals surface area (Å²) in [6, 6.07) is 11.8. The Labute approximate surface area is 141 Å². The number of rotatable bonds is 7. The molecule has 0 fully saturated rings. The predicted molar refractivity (Wildman–Crippen MR) is 91.6 cm³/mol. The van der Waals surface area contributed by atoms with Crippen LogP contribution in [0, 0.1) is 5.92 Å². The van der Waals surface area contributed by atoms with Gasteiger partial charge in [0.25, 0.3) is 5.91 Å². The number of carbonyl (C=O) groups excluding carboxylic acids is 2. The van der Waals surface area contributed by atoms with Crippen molar-refractivity contribution < 1.29 is 14.3 Å². The van der Waals surface area contributed by atoms with Crippen LogP contribution in [-0.2, 0) is 9.59 Å². The van der Waals surface area contributed by atoms with Gasteiger partial charge in [-0.25, -0.2) is 0 Å². The molecule has 1 aromatic heterocycles. The molecule has 0 spiro atoms. The van der Waals surface area contributed by atoms with Gasteiger partial charge in [0.2, 0.25) is 5.91 Å². The first-order chi connectivity index (χ1) is 11.6. The van der Waals surface area contributed by atoms with Gasteiger partial charge in [-0.2, -0.15) is 0 Å². The van der Waals surface area contributed by atoms with Crippen molar-refractivity contribution in [3.8, 4) is 5.75 Å². The fourth-order valence-electron chi connectivity index (χ4n) is 2.07. The molecule has 0 aliphatic heterocycles. The molecule has 126 valence electrons. The van der Waals surface area contributed by atoms with Crippen LogP contribution < -0.4 is 15.4 Å². The van der Waals surface area contributed by atoms with Crippen molar-refractivity contribution in [3.05, 3.63) is 54.9 Å². The number of anilines is 1. The van der Waals surface area contributed by atoms with Gasteiger partial charge in [0.15, 0.2) is 6.61 Å². The molecule has 1 atom stereocenters. The number of pyridine rings is 1. The molecular weight excluding hydrogens is 306 g/mol. The van der Waals surface area contributed by atoms with Gasteiger partial charge in [-0.1, -0.05) is 32.0 Å². The molecule has 0 saturated heterocycles. The molecule has 0 saturated carbocycles. The molecule has 1 aromatic carbocycles. The second-order valence-corrected chi connectivity index (χ2v) is 5.62. The van der Waals surface area contributed by atoms with Gasteiger partial charge in [-0.3, -0.25) is 14.6 Å². The average Bonchev–Trinajstić information content (AvgIpc) is 2.59. The van der Waals surface area contributed by atoms with Crippen LogP contribution in [0.4, 0.5) is 5.69 Å². The number of amides is 2. The Bertz CT molecular complexity index is 660. The highest BCUT2D eigenvalue weighted by atomic mass is 16.5. The van der Waals surface area contributed by atoms with E-state index in [9.17, 15) is 9.59 Å². The van der Waals surface area contributed by atoms with Crippen molar-refractivity contribution in [1.29, 1.82) is 0 Å². The predicted octanol–water partition coefficient (Wildman–Crippen LogP) is 2.24. The Morgan fingerprint density at radius 3 is 2.38 bits per heavy atom. The Morgan fingerprint density at radius 2 is 1.75 bits per heavy atom. The van der Waals surface area contributed by atoms with E-state index in [0.717, 1.165) is 0 Å². The second kappa shape index (κ2) is 8.67. The summed E-state index contributed by atoms with van der Waals surface area (Å²) in [6.45, 7) is 3.60. The van der Waals surface area contributed by atoms with E-state index < -0.39 is 6.04 Å². The van der Waals surface area contributed by atoms with Crippen molar-refractivity contribution in [2.24, 2.45) is 5.92 Å². The molecule has 24 heavy (non-hydrogen) atoms. The van der Waals surface area contributed by atoms with Crippen LogP contribution in [0.3, 0.4) is 0 Å². The molecule has 6 heteroatoms. The lowest BCUT2D eigenvalue weighted by molar-refractivity contribution is -0.128. The molecule has 2 N–H and O–H groups in total. The summed E-state index contributed by atoms with van der Waals surface area (Å²) in [5.74, 6) is -0.0748. The molecule has 2 rings (SSSR count). The summed E-state index contributed by atoms with van der Waals surface area (Å²) >= 11 is 0. The van der Waals surface area contributed by atoms with E-state index in [4.69, 9.17) is 4.74 Å². The van der Waals surface area contributed by atoms with E-state index in [2.05, 4.69) is 15.6 Å². The lowest BCUT2D eigenvalue weighted by Gasteiger charge is -2.21. The summed E-state index contributed by atoms with van der Waals surface area (Å²) in [6.07, 6.45) is 3.18. The first-order valence-electron chi connectivity index (χ1n) is 7.74. The van der Waals surface area contributed by atoms with Crippen molar-refractivity contribution in [3.63, 3.8) is 0 Å². The third-order valence-electron chi connectivity index (χ3n) is 3.33. The van der Waals surface area contributed by atoms with Gasteiger partial charge < -0.3 is 15.4 Å². The van der Waals surface area contributed by atoms with Gasteiger partial charge >= 0.3 is 0 Å². The standard InChI is InChI=1S/C18H21N3O3/c1-13(2)17(18(23)20-14-8-10-19-11-9-14)21-16(22)12-24-15-6-4-3-5-7-15/h3-11,13,17H,12H2,1-2H3,(H,21,22)(H,19,20,23). The number of hydrogen-bond acceptors (Lipinski definition) is 4. The second-order valence-electron chi connectivity index (χ2n) is 5.62. The maximum Gasteiger partial charge on any atom is 0.258 e. The summed E-state index contributed by atoms with van der Waals surface area (Å²) in [7, 11) is 0. The van der Waals surface area contributed by atoms with Gasteiger partial charge in [0.1, 0.15) is 11.8 Å². The zero-order valence-corrected chi connectivity index (χ0v) is 13.7. The quantitative estimate of drug-likeness (QED) is 0.817. The number of para-hydroxylation sites is 1. The number of hydrogen-bond donors (Lipinski definition) is 2. The SMILES string of the molecule is CC(C)C(NC(=O)COc1ccccc1)C(=O)Nc1ccncc1. The Hall–Kier alpha value is -2.89. The van der Waals surface area contributed by atoms with Gasteiger partial charge in [0.05, 0.1) is 0 Å². The lowest BCUT2D eigenvalue weighted by Crippen LogP contribution is -2.48. The highest BCUT2D eigenvalue weighted by molar-refractivity contribution is 5.97. The van der Waals surface area contributed by atoms with E-state index in [1.807, 2.05) is 32.0 Å². The Kier molecular flexibility index (Phi) is 6.31. The lowest BCUT2D eigenvalue weighted by atomic mass is 10.0. The first-order valence-corrected chi connectivity index (χ1v) is 7.74. The monoisotopic (exact) mass is 327 g/mol. The fourth-order valence-corrected chi connectivity index (χ4v) is 2.07. The number of benzene rings is 1. The number of nitrogens with zero attached hydrogens (tertiary/aromatic N) is 1. The van der Waals surface area contributed by atoms with E-state index in [-0.39, 0.29) is 24.3 Å². The number of aromatic nitrogens is 1. The van der Waals surface area contributed by atoms with Crippen LogP contribution in [0.5, 0.6) is 5.75 Å². The summed E-state index contributed by atoms with van der Waals surface area (Å²) in [4.78, 5) is 28.3. The zero-order chi connectivity index (χ0) is 17.4. The normalized spacial score (nSPS) is 11.6. The van der Waals surface area contributed by atoms with Crippen molar-refractivity contribution in [2.75, 3.05) is 11.9 Å². The fraction of sp³-hybridized carbons (Fsp3) is 0.278. The van der Waals surface area contributed by atoms with Gasteiger partial charge in [-0.05, 0) is 30.2 Å². The van der Waals surface area contributed by atoms with E-state index >= 15 is 0 Å². The van der Waals surface area contributed by atoms with E-state index in [0.29, 0.717) is 11.4 Å². The topological polar surface area (TPSA) is 80.3 Å². The summed E-state index contributed by atoms with van der Waals surface area (Å²) in [5.41, 5.74) is 0.635. The highest BCUT2D eigenvalue weighted by Gasteiger charge is 2.24. The minimum Gasteiger partial charge on any atom is -0.484 e. The molecule has 1 unspecified atom stereocenters. The number of ether oxygens (including phenoxy) is 1. The summed E-state index contributed by atoms with van der Waals surface area (Å²) in [5, 5.41) is 5.48. The van der Waals surface area contributed by atoms with Crippen LogP contribution in [0.25, 0.3) is 0 Å². The first kappa shape index (κ1) is 17.5.